The molecule has 2 aromatic carbocycles. The fourth-order valence-electron chi connectivity index (χ4n) is 1.66. The molecule has 0 unspecified atom stereocenters. The molecule has 2 nitrogen and oxygen atoms in total. The van der Waals surface area contributed by atoms with Gasteiger partial charge in [0.25, 0.3) is 0 Å². The van der Waals surface area contributed by atoms with Gasteiger partial charge in [0, 0.05) is 11.6 Å². The summed E-state index contributed by atoms with van der Waals surface area (Å²) in [5.41, 5.74) is 1.81. The molecular weight excluding hydrogens is 219 g/mol. The quantitative estimate of drug-likeness (QED) is 0.803. The number of benzene rings is 2. The normalized spacial score (nSPS) is 10.2. The van der Waals surface area contributed by atoms with Crippen molar-refractivity contribution in [2.24, 2.45) is 0 Å². The van der Waals surface area contributed by atoms with Gasteiger partial charge in [-0.2, -0.15) is 0 Å². The van der Waals surface area contributed by atoms with Crippen molar-refractivity contribution in [3.63, 3.8) is 0 Å². The van der Waals surface area contributed by atoms with Crippen molar-refractivity contribution in [3.8, 4) is 16.9 Å². The minimum absolute atomic E-state index is 0.0486. The van der Waals surface area contributed by atoms with Crippen LogP contribution in [0, 0.1) is 5.82 Å². The lowest BCUT2D eigenvalue weighted by atomic mass is 10.0. The average molecular weight is 230 g/mol. The maximum absolute atomic E-state index is 13.1. The molecule has 0 aliphatic rings. The van der Waals surface area contributed by atoms with Crippen LogP contribution in [0.5, 0.6) is 5.75 Å². The summed E-state index contributed by atoms with van der Waals surface area (Å²) >= 11 is 0. The van der Waals surface area contributed by atoms with Gasteiger partial charge in [-0.25, -0.2) is 4.39 Å². The first kappa shape index (κ1) is 11.3. The summed E-state index contributed by atoms with van der Waals surface area (Å²) < 4.78 is 13.1. The van der Waals surface area contributed by atoms with Crippen molar-refractivity contribution in [2.75, 3.05) is 0 Å². The molecule has 0 atom stereocenters. The number of hydrogen-bond donors (Lipinski definition) is 1. The topological polar surface area (TPSA) is 37.3 Å². The molecule has 0 aliphatic carbocycles. The van der Waals surface area contributed by atoms with Crippen LogP contribution in [0.25, 0.3) is 11.1 Å². The number of ketones is 1. The van der Waals surface area contributed by atoms with E-state index in [1.165, 1.54) is 19.1 Å². The monoisotopic (exact) mass is 230 g/mol. The van der Waals surface area contributed by atoms with Crippen LogP contribution in [0.4, 0.5) is 4.39 Å². The third kappa shape index (κ3) is 2.50. The molecule has 3 heteroatoms. The molecule has 0 aromatic heterocycles. The molecule has 0 fully saturated rings. The van der Waals surface area contributed by atoms with E-state index in [2.05, 4.69) is 0 Å². The molecule has 0 bridgehead atoms. The highest BCUT2D eigenvalue weighted by molar-refractivity contribution is 5.95. The number of hydrogen-bond acceptors (Lipinski definition) is 2. The Hall–Kier alpha value is -2.16. The Balaban J connectivity index is 2.52. The first-order chi connectivity index (χ1) is 8.06. The highest BCUT2D eigenvalue weighted by Gasteiger charge is 2.05. The average Bonchev–Trinajstić information content (AvgIpc) is 2.28. The lowest BCUT2D eigenvalue weighted by Crippen LogP contribution is -1.91. The van der Waals surface area contributed by atoms with Crippen LogP contribution >= 0.6 is 0 Å². The van der Waals surface area contributed by atoms with Crippen LogP contribution in [-0.2, 0) is 0 Å². The molecule has 2 rings (SSSR count). The first-order valence-electron chi connectivity index (χ1n) is 5.17. The van der Waals surface area contributed by atoms with E-state index in [4.69, 9.17) is 0 Å². The standard InChI is InChI=1S/C14H11FO2/c1-9(16)10-3-2-4-11(5-10)12-6-13(15)8-14(17)7-12/h2-8,17H,1H3. The zero-order valence-electron chi connectivity index (χ0n) is 9.27. The van der Waals surface area contributed by atoms with E-state index in [-0.39, 0.29) is 11.5 Å². The van der Waals surface area contributed by atoms with E-state index in [0.29, 0.717) is 16.7 Å². The summed E-state index contributed by atoms with van der Waals surface area (Å²) in [5.74, 6) is -0.686. The van der Waals surface area contributed by atoms with Crippen LogP contribution in [0.1, 0.15) is 17.3 Å². The summed E-state index contributed by atoms with van der Waals surface area (Å²) in [7, 11) is 0. The molecule has 0 amide bonds. The van der Waals surface area contributed by atoms with Gasteiger partial charge in [-0.15, -0.1) is 0 Å². The van der Waals surface area contributed by atoms with E-state index in [1.54, 1.807) is 24.3 Å². The van der Waals surface area contributed by atoms with E-state index in [1.807, 2.05) is 0 Å². The molecule has 0 aliphatic heterocycles. The zero-order chi connectivity index (χ0) is 12.4. The van der Waals surface area contributed by atoms with Gasteiger partial charge in [-0.05, 0) is 36.2 Å². The van der Waals surface area contributed by atoms with Gasteiger partial charge in [0.1, 0.15) is 11.6 Å². The summed E-state index contributed by atoms with van der Waals surface area (Å²) in [6.45, 7) is 1.47. The van der Waals surface area contributed by atoms with Gasteiger partial charge >= 0.3 is 0 Å². The first-order valence-corrected chi connectivity index (χ1v) is 5.17. The number of carbonyl (C=O) groups excluding carboxylic acids is 1. The van der Waals surface area contributed by atoms with Gasteiger partial charge in [0.2, 0.25) is 0 Å². The minimum atomic E-state index is -0.506. The smallest absolute Gasteiger partial charge is 0.159 e. The molecule has 17 heavy (non-hydrogen) atoms. The van der Waals surface area contributed by atoms with Crippen molar-refractivity contribution in [3.05, 3.63) is 53.8 Å². The fourth-order valence-corrected chi connectivity index (χ4v) is 1.66. The van der Waals surface area contributed by atoms with Crippen molar-refractivity contribution in [2.45, 2.75) is 6.92 Å². The van der Waals surface area contributed by atoms with Crippen molar-refractivity contribution >= 4 is 5.78 Å². The zero-order valence-corrected chi connectivity index (χ0v) is 9.27. The van der Waals surface area contributed by atoms with E-state index in [0.717, 1.165) is 6.07 Å². The maximum atomic E-state index is 13.1. The molecular formula is C14H11FO2. The Morgan fingerprint density at radius 2 is 1.88 bits per heavy atom. The van der Waals surface area contributed by atoms with Gasteiger partial charge in [0.15, 0.2) is 5.78 Å². The second kappa shape index (κ2) is 4.37. The number of carbonyl (C=O) groups is 1. The second-order valence-electron chi connectivity index (χ2n) is 3.84. The number of phenols is 1. The predicted molar refractivity (Wildman–Crippen MR) is 63.5 cm³/mol. The lowest BCUT2D eigenvalue weighted by Gasteiger charge is -2.04. The van der Waals surface area contributed by atoms with Crippen LogP contribution < -0.4 is 0 Å². The highest BCUT2D eigenvalue weighted by Crippen LogP contribution is 2.25. The summed E-state index contributed by atoms with van der Waals surface area (Å²) in [6.07, 6.45) is 0. The van der Waals surface area contributed by atoms with E-state index in [9.17, 15) is 14.3 Å². The third-order valence-electron chi connectivity index (χ3n) is 2.48. The number of phenolic OH excluding ortho intramolecular Hbond substituents is 1. The molecule has 0 heterocycles. The largest absolute Gasteiger partial charge is 0.508 e. The SMILES string of the molecule is CC(=O)c1cccc(-c2cc(O)cc(F)c2)c1. The Morgan fingerprint density at radius 3 is 2.53 bits per heavy atom. The molecule has 0 saturated carbocycles. The predicted octanol–water partition coefficient (Wildman–Crippen LogP) is 3.40. The van der Waals surface area contributed by atoms with Gasteiger partial charge in [0.05, 0.1) is 0 Å². The van der Waals surface area contributed by atoms with Gasteiger partial charge < -0.3 is 5.11 Å². The third-order valence-corrected chi connectivity index (χ3v) is 2.48. The summed E-state index contributed by atoms with van der Waals surface area (Å²) in [5, 5.41) is 9.33. The summed E-state index contributed by atoms with van der Waals surface area (Å²) in [6, 6.07) is 10.7. The Morgan fingerprint density at radius 1 is 1.12 bits per heavy atom. The van der Waals surface area contributed by atoms with Crippen LogP contribution in [0.3, 0.4) is 0 Å². The lowest BCUT2D eigenvalue weighted by molar-refractivity contribution is 0.101. The maximum Gasteiger partial charge on any atom is 0.159 e. The molecule has 0 spiro atoms. The summed E-state index contributed by atoms with van der Waals surface area (Å²) in [4.78, 5) is 11.2. The Bertz CT molecular complexity index is 556. The van der Waals surface area contributed by atoms with Gasteiger partial charge in [-0.1, -0.05) is 18.2 Å². The van der Waals surface area contributed by atoms with E-state index < -0.39 is 5.82 Å². The molecule has 1 N–H and O–H groups in total. The van der Waals surface area contributed by atoms with Crippen LogP contribution in [0.15, 0.2) is 42.5 Å². The highest BCUT2D eigenvalue weighted by atomic mass is 19.1. The van der Waals surface area contributed by atoms with Crippen molar-refractivity contribution in [1.29, 1.82) is 0 Å². The molecule has 0 radical (unpaired) electrons. The van der Waals surface area contributed by atoms with Gasteiger partial charge in [-0.3, -0.25) is 4.79 Å². The number of Topliss-reactive ketones (excluding diaryl/α,β-unsaturated/α-hetero) is 1. The number of halogens is 1. The molecule has 86 valence electrons. The number of aromatic hydroxyl groups is 1. The minimum Gasteiger partial charge on any atom is -0.508 e. The van der Waals surface area contributed by atoms with Crippen molar-refractivity contribution < 1.29 is 14.3 Å². The van der Waals surface area contributed by atoms with E-state index >= 15 is 0 Å². The van der Waals surface area contributed by atoms with Crippen LogP contribution in [-0.4, -0.2) is 10.9 Å². The second-order valence-corrected chi connectivity index (χ2v) is 3.84. The Kier molecular flexibility index (Phi) is 2.91. The molecule has 2 aromatic rings. The van der Waals surface area contributed by atoms with Crippen LogP contribution in [0.2, 0.25) is 0 Å². The molecule has 0 saturated heterocycles. The number of rotatable bonds is 2. The Labute approximate surface area is 98.3 Å². The van der Waals surface area contributed by atoms with Crippen molar-refractivity contribution in [1.82, 2.24) is 0 Å². The fraction of sp³-hybridized carbons (Fsp3) is 0.0714.